The molecule has 1 fully saturated rings. The van der Waals surface area contributed by atoms with Crippen LogP contribution in [0.5, 0.6) is 0 Å². The van der Waals surface area contributed by atoms with Gasteiger partial charge in [-0.05, 0) is 25.8 Å². The van der Waals surface area contributed by atoms with Crippen molar-refractivity contribution < 1.29 is 23.8 Å². The summed E-state index contributed by atoms with van der Waals surface area (Å²) in [5.74, 6) is -1.09. The minimum absolute atomic E-state index is 0.0936. The molecule has 1 atom stereocenters. The van der Waals surface area contributed by atoms with Gasteiger partial charge in [-0.25, -0.2) is 0 Å². The molecule has 0 bridgehead atoms. The van der Waals surface area contributed by atoms with Crippen LogP contribution in [0.4, 0.5) is 0 Å². The molecule has 5 nitrogen and oxygen atoms in total. The lowest BCUT2D eigenvalue weighted by Gasteiger charge is -2.27. The molecule has 0 spiro atoms. The van der Waals surface area contributed by atoms with Crippen LogP contribution >= 0.6 is 0 Å². The molecule has 2 rings (SSSR count). The Balaban J connectivity index is 2.22. The van der Waals surface area contributed by atoms with Gasteiger partial charge in [0.2, 0.25) is 0 Å². The van der Waals surface area contributed by atoms with Crippen molar-refractivity contribution in [1.29, 1.82) is 0 Å². The van der Waals surface area contributed by atoms with E-state index in [0.717, 1.165) is 5.56 Å². The molecule has 0 aromatic heterocycles. The number of hydrogen-bond donors (Lipinski definition) is 0. The molecule has 1 aromatic carbocycles. The minimum atomic E-state index is -1.35. The Morgan fingerprint density at radius 3 is 2.25 bits per heavy atom. The molecule has 1 aromatic rings. The number of carbonyl (C=O) groups is 2. The summed E-state index contributed by atoms with van der Waals surface area (Å²) < 4.78 is 15.6. The van der Waals surface area contributed by atoms with Gasteiger partial charge in [0.15, 0.2) is 5.41 Å². The second-order valence-corrected chi connectivity index (χ2v) is 5.70. The quantitative estimate of drug-likeness (QED) is 0.395. The zero-order valence-corrected chi connectivity index (χ0v) is 14.2. The first-order chi connectivity index (χ1) is 11.6. The van der Waals surface area contributed by atoms with Crippen molar-refractivity contribution in [3.8, 4) is 0 Å². The fourth-order valence-electron chi connectivity index (χ4n) is 2.57. The highest BCUT2D eigenvalue weighted by Crippen LogP contribution is 2.37. The smallest absolute Gasteiger partial charge is 0.323 e. The lowest BCUT2D eigenvalue weighted by molar-refractivity contribution is -0.172. The standard InChI is InChI=1S/C19H24O5/c1-3-22-17(20)19(13-16-14-24-16,18(21)23-4-2)12-8-11-15-9-6-5-7-10-15/h5-11,16H,3-4,12-14H2,1-2H3/b11-8+. The Morgan fingerprint density at radius 1 is 1.17 bits per heavy atom. The summed E-state index contributed by atoms with van der Waals surface area (Å²) in [5.41, 5.74) is -0.347. The summed E-state index contributed by atoms with van der Waals surface area (Å²) in [5, 5.41) is 0. The first kappa shape index (κ1) is 18.2. The number of esters is 2. The molecule has 24 heavy (non-hydrogen) atoms. The van der Waals surface area contributed by atoms with E-state index < -0.39 is 17.4 Å². The largest absolute Gasteiger partial charge is 0.465 e. The predicted molar refractivity (Wildman–Crippen MR) is 90.1 cm³/mol. The van der Waals surface area contributed by atoms with Crippen molar-refractivity contribution in [2.24, 2.45) is 5.41 Å². The number of rotatable bonds is 9. The van der Waals surface area contributed by atoms with Gasteiger partial charge >= 0.3 is 11.9 Å². The Bertz CT molecular complexity index is 557. The van der Waals surface area contributed by atoms with E-state index in [-0.39, 0.29) is 32.2 Å². The van der Waals surface area contributed by atoms with Gasteiger partial charge in [0.1, 0.15) is 0 Å². The molecule has 5 heteroatoms. The van der Waals surface area contributed by atoms with E-state index >= 15 is 0 Å². The van der Waals surface area contributed by atoms with Gasteiger partial charge in [0.25, 0.3) is 0 Å². The van der Waals surface area contributed by atoms with Crippen molar-refractivity contribution in [3.63, 3.8) is 0 Å². The topological polar surface area (TPSA) is 65.1 Å². The summed E-state index contributed by atoms with van der Waals surface area (Å²) in [4.78, 5) is 25.1. The van der Waals surface area contributed by atoms with E-state index in [0.29, 0.717) is 6.61 Å². The zero-order chi connectivity index (χ0) is 17.4. The van der Waals surface area contributed by atoms with E-state index in [1.807, 2.05) is 42.5 Å². The van der Waals surface area contributed by atoms with Crippen molar-refractivity contribution in [1.82, 2.24) is 0 Å². The maximum absolute atomic E-state index is 12.6. The molecule has 0 amide bonds. The Morgan fingerprint density at radius 2 is 1.75 bits per heavy atom. The van der Waals surface area contributed by atoms with Crippen molar-refractivity contribution in [3.05, 3.63) is 42.0 Å². The van der Waals surface area contributed by atoms with Crippen LogP contribution in [0, 0.1) is 5.41 Å². The number of benzene rings is 1. The van der Waals surface area contributed by atoms with Crippen LogP contribution in [0.15, 0.2) is 36.4 Å². The normalized spacial score (nSPS) is 16.8. The molecule has 1 aliphatic rings. The SMILES string of the molecule is CCOC(=O)C(C/C=C/c1ccccc1)(CC1CO1)C(=O)OCC. The summed E-state index contributed by atoms with van der Waals surface area (Å²) >= 11 is 0. The summed E-state index contributed by atoms with van der Waals surface area (Å²) in [6, 6.07) is 9.71. The fraction of sp³-hybridized carbons (Fsp3) is 0.474. The highest BCUT2D eigenvalue weighted by Gasteiger charge is 2.51. The Labute approximate surface area is 142 Å². The van der Waals surface area contributed by atoms with Crippen LogP contribution in [-0.2, 0) is 23.8 Å². The average Bonchev–Trinajstić information content (AvgIpc) is 3.39. The second kappa shape index (κ2) is 8.64. The van der Waals surface area contributed by atoms with E-state index in [9.17, 15) is 9.59 Å². The molecule has 1 unspecified atom stereocenters. The van der Waals surface area contributed by atoms with Gasteiger partial charge < -0.3 is 14.2 Å². The second-order valence-electron chi connectivity index (χ2n) is 5.70. The van der Waals surface area contributed by atoms with Gasteiger partial charge in [-0.2, -0.15) is 0 Å². The van der Waals surface area contributed by atoms with Gasteiger partial charge in [-0.15, -0.1) is 0 Å². The maximum atomic E-state index is 12.6. The number of allylic oxidation sites excluding steroid dienone is 1. The highest BCUT2D eigenvalue weighted by atomic mass is 16.6. The minimum Gasteiger partial charge on any atom is -0.465 e. The van der Waals surface area contributed by atoms with Crippen LogP contribution in [0.25, 0.3) is 6.08 Å². The first-order valence-corrected chi connectivity index (χ1v) is 8.30. The van der Waals surface area contributed by atoms with Crippen LogP contribution in [-0.4, -0.2) is 37.9 Å². The monoisotopic (exact) mass is 332 g/mol. The lowest BCUT2D eigenvalue weighted by Crippen LogP contribution is -2.43. The number of hydrogen-bond acceptors (Lipinski definition) is 5. The maximum Gasteiger partial charge on any atom is 0.323 e. The van der Waals surface area contributed by atoms with Gasteiger partial charge in [-0.1, -0.05) is 42.5 Å². The van der Waals surface area contributed by atoms with Crippen molar-refractivity contribution >= 4 is 18.0 Å². The third kappa shape index (κ3) is 4.68. The van der Waals surface area contributed by atoms with E-state index in [4.69, 9.17) is 14.2 Å². The predicted octanol–water partition coefficient (Wildman–Crippen LogP) is 2.99. The third-order valence-electron chi connectivity index (χ3n) is 3.89. The number of epoxide rings is 1. The summed E-state index contributed by atoms with van der Waals surface area (Å²) in [6.45, 7) is 4.44. The van der Waals surface area contributed by atoms with Gasteiger partial charge in [0.05, 0.1) is 25.9 Å². The highest BCUT2D eigenvalue weighted by molar-refractivity contribution is 6.00. The van der Waals surface area contributed by atoms with E-state index in [1.165, 1.54) is 0 Å². The molecule has 1 heterocycles. The van der Waals surface area contributed by atoms with Crippen LogP contribution in [0.3, 0.4) is 0 Å². The Hall–Kier alpha value is -2.14. The number of carbonyl (C=O) groups excluding carboxylic acids is 2. The molecular formula is C19H24O5. The molecule has 0 saturated carbocycles. The molecule has 1 aliphatic heterocycles. The van der Waals surface area contributed by atoms with Gasteiger partial charge in [-0.3, -0.25) is 9.59 Å². The molecule has 1 saturated heterocycles. The zero-order valence-electron chi connectivity index (χ0n) is 14.2. The molecule has 130 valence electrons. The average molecular weight is 332 g/mol. The molecule has 0 N–H and O–H groups in total. The van der Waals surface area contributed by atoms with E-state index in [2.05, 4.69) is 0 Å². The van der Waals surface area contributed by atoms with Crippen molar-refractivity contribution in [2.45, 2.75) is 32.8 Å². The third-order valence-corrected chi connectivity index (χ3v) is 3.89. The molecular weight excluding hydrogens is 308 g/mol. The fourth-order valence-corrected chi connectivity index (χ4v) is 2.57. The van der Waals surface area contributed by atoms with Crippen LogP contribution in [0.1, 0.15) is 32.3 Å². The summed E-state index contributed by atoms with van der Waals surface area (Å²) in [6.07, 6.45) is 4.12. The Kier molecular flexibility index (Phi) is 6.55. The lowest BCUT2D eigenvalue weighted by atomic mass is 9.79. The van der Waals surface area contributed by atoms with E-state index in [1.54, 1.807) is 13.8 Å². The molecule has 0 radical (unpaired) electrons. The first-order valence-electron chi connectivity index (χ1n) is 8.30. The summed E-state index contributed by atoms with van der Waals surface area (Å²) in [7, 11) is 0. The van der Waals surface area contributed by atoms with Gasteiger partial charge in [0, 0.05) is 6.42 Å². The van der Waals surface area contributed by atoms with Crippen LogP contribution < -0.4 is 0 Å². The van der Waals surface area contributed by atoms with Crippen LogP contribution in [0.2, 0.25) is 0 Å². The molecule has 0 aliphatic carbocycles. The van der Waals surface area contributed by atoms with Crippen molar-refractivity contribution in [2.75, 3.05) is 19.8 Å². The number of ether oxygens (including phenoxy) is 3.